The summed E-state index contributed by atoms with van der Waals surface area (Å²) in [6, 6.07) is 6.14. The summed E-state index contributed by atoms with van der Waals surface area (Å²) >= 11 is 0. The number of fused-ring (bicyclic) bond motifs is 1. The van der Waals surface area contributed by atoms with Crippen molar-refractivity contribution in [1.29, 1.82) is 0 Å². The standard InChI is InChI=1S/C19H19F3N2O5/c1-11-7-14(12(2)24(11)10-19(20,21)22)18(26)29-9-17(25)23-13-3-4-15-16(8-13)28-6-5-27-15/h3-4,7-8H,5-6,9-10H2,1-2H3,(H,23,25). The molecule has 0 bridgehead atoms. The summed E-state index contributed by atoms with van der Waals surface area (Å²) in [6.07, 6.45) is -4.42. The van der Waals surface area contributed by atoms with Crippen molar-refractivity contribution >= 4 is 17.6 Å². The minimum absolute atomic E-state index is 0.0149. The Labute approximate surface area is 164 Å². The van der Waals surface area contributed by atoms with E-state index in [0.717, 1.165) is 4.57 Å². The lowest BCUT2D eigenvalue weighted by Crippen LogP contribution is -2.22. The van der Waals surface area contributed by atoms with Gasteiger partial charge in [0.15, 0.2) is 18.1 Å². The first-order chi connectivity index (χ1) is 13.6. The maximum atomic E-state index is 12.7. The van der Waals surface area contributed by atoms with Gasteiger partial charge in [-0.15, -0.1) is 0 Å². The van der Waals surface area contributed by atoms with Crippen molar-refractivity contribution in [2.45, 2.75) is 26.6 Å². The first-order valence-electron chi connectivity index (χ1n) is 8.74. The van der Waals surface area contributed by atoms with Gasteiger partial charge >= 0.3 is 12.1 Å². The van der Waals surface area contributed by atoms with Gasteiger partial charge in [-0.3, -0.25) is 4.79 Å². The molecule has 7 nitrogen and oxygen atoms in total. The van der Waals surface area contributed by atoms with E-state index in [-0.39, 0.29) is 17.0 Å². The second kappa shape index (κ2) is 8.06. The van der Waals surface area contributed by atoms with Crippen molar-refractivity contribution in [3.63, 3.8) is 0 Å². The van der Waals surface area contributed by atoms with Gasteiger partial charge in [0.2, 0.25) is 0 Å². The van der Waals surface area contributed by atoms with Crippen LogP contribution >= 0.6 is 0 Å². The highest BCUT2D eigenvalue weighted by Crippen LogP contribution is 2.32. The summed E-state index contributed by atoms with van der Waals surface area (Å²) in [5, 5.41) is 2.56. The van der Waals surface area contributed by atoms with Crippen molar-refractivity contribution in [1.82, 2.24) is 4.57 Å². The number of carbonyl (C=O) groups is 2. The number of nitrogens with zero attached hydrogens (tertiary/aromatic N) is 1. The Balaban J connectivity index is 1.59. The quantitative estimate of drug-likeness (QED) is 0.763. The Morgan fingerprint density at radius 3 is 2.52 bits per heavy atom. The summed E-state index contributed by atoms with van der Waals surface area (Å²) in [5.74, 6) is -0.416. The molecule has 0 saturated heterocycles. The molecule has 0 fully saturated rings. The minimum atomic E-state index is -4.42. The third-order valence-corrected chi connectivity index (χ3v) is 4.29. The van der Waals surface area contributed by atoms with E-state index >= 15 is 0 Å². The fourth-order valence-corrected chi connectivity index (χ4v) is 2.96. The van der Waals surface area contributed by atoms with Crippen molar-refractivity contribution in [2.24, 2.45) is 0 Å². The number of anilines is 1. The Hall–Kier alpha value is -3.17. The zero-order chi connectivity index (χ0) is 21.2. The van der Waals surface area contributed by atoms with Gasteiger partial charge in [-0.2, -0.15) is 13.2 Å². The van der Waals surface area contributed by atoms with Crippen LogP contribution in [0.2, 0.25) is 0 Å². The van der Waals surface area contributed by atoms with E-state index in [1.54, 1.807) is 18.2 Å². The van der Waals surface area contributed by atoms with Crippen molar-refractivity contribution in [3.8, 4) is 11.5 Å². The molecule has 2 heterocycles. The van der Waals surface area contributed by atoms with Crippen LogP contribution < -0.4 is 14.8 Å². The highest BCUT2D eigenvalue weighted by Gasteiger charge is 2.30. The van der Waals surface area contributed by atoms with Crippen LogP contribution in [0.3, 0.4) is 0 Å². The van der Waals surface area contributed by atoms with Crippen LogP contribution in [0.1, 0.15) is 21.7 Å². The van der Waals surface area contributed by atoms with Crippen LogP contribution in [0.4, 0.5) is 18.9 Å². The molecule has 0 atom stereocenters. The number of aryl methyl sites for hydroxylation is 1. The molecule has 1 amide bonds. The number of rotatable bonds is 5. The van der Waals surface area contributed by atoms with Gasteiger partial charge in [0.1, 0.15) is 19.8 Å². The van der Waals surface area contributed by atoms with Crippen molar-refractivity contribution < 1.29 is 37.0 Å². The number of aromatic nitrogens is 1. The van der Waals surface area contributed by atoms with Gasteiger partial charge < -0.3 is 24.1 Å². The first-order valence-corrected chi connectivity index (χ1v) is 8.74. The van der Waals surface area contributed by atoms with Crippen LogP contribution in [0.5, 0.6) is 11.5 Å². The van der Waals surface area contributed by atoms with E-state index in [4.69, 9.17) is 14.2 Å². The van der Waals surface area contributed by atoms with Crippen LogP contribution in [0.25, 0.3) is 0 Å². The number of nitrogens with one attached hydrogen (secondary N) is 1. The molecule has 0 aliphatic carbocycles. The van der Waals surface area contributed by atoms with Gasteiger partial charge in [0, 0.05) is 23.1 Å². The first kappa shape index (κ1) is 20.6. The molecule has 156 valence electrons. The molecule has 1 N–H and O–H groups in total. The molecular weight excluding hydrogens is 393 g/mol. The van der Waals surface area contributed by atoms with E-state index in [1.165, 1.54) is 19.9 Å². The summed E-state index contributed by atoms with van der Waals surface area (Å²) < 4.78 is 54.7. The lowest BCUT2D eigenvalue weighted by Gasteiger charge is -2.19. The average Bonchev–Trinajstić information content (AvgIpc) is 2.93. The number of hydrogen-bond donors (Lipinski definition) is 1. The maximum absolute atomic E-state index is 12.7. The molecule has 1 aliphatic rings. The second-order valence-electron chi connectivity index (χ2n) is 6.47. The van der Waals surface area contributed by atoms with E-state index < -0.39 is 31.2 Å². The molecule has 3 rings (SSSR count). The van der Waals surface area contributed by atoms with Gasteiger partial charge in [0.25, 0.3) is 5.91 Å². The number of esters is 1. The van der Waals surface area contributed by atoms with E-state index in [2.05, 4.69) is 5.32 Å². The SMILES string of the molecule is Cc1cc(C(=O)OCC(=O)Nc2ccc3c(c2)OCCO3)c(C)n1CC(F)(F)F. The molecule has 29 heavy (non-hydrogen) atoms. The molecule has 1 aliphatic heterocycles. The van der Waals surface area contributed by atoms with E-state index in [1.807, 2.05) is 0 Å². The Bertz CT molecular complexity index is 937. The van der Waals surface area contributed by atoms with E-state index in [0.29, 0.717) is 30.4 Å². The highest BCUT2D eigenvalue weighted by molar-refractivity contribution is 5.96. The maximum Gasteiger partial charge on any atom is 0.406 e. The number of halogens is 3. The number of hydrogen-bond acceptors (Lipinski definition) is 5. The van der Waals surface area contributed by atoms with Crippen LogP contribution in [-0.4, -0.2) is 42.4 Å². The Morgan fingerprint density at radius 2 is 1.83 bits per heavy atom. The number of benzene rings is 1. The van der Waals surface area contributed by atoms with Crippen molar-refractivity contribution in [2.75, 3.05) is 25.1 Å². The van der Waals surface area contributed by atoms with Crippen molar-refractivity contribution in [3.05, 3.63) is 41.2 Å². The summed E-state index contributed by atoms with van der Waals surface area (Å²) in [4.78, 5) is 24.3. The molecule has 0 saturated carbocycles. The number of carbonyl (C=O) groups excluding carboxylic acids is 2. The summed E-state index contributed by atoms with van der Waals surface area (Å²) in [5.41, 5.74) is 0.808. The van der Waals surface area contributed by atoms with E-state index in [9.17, 15) is 22.8 Å². The van der Waals surface area contributed by atoms with Crippen LogP contribution in [-0.2, 0) is 16.1 Å². The molecule has 1 aromatic carbocycles. The molecule has 10 heteroatoms. The molecule has 0 spiro atoms. The highest BCUT2D eigenvalue weighted by atomic mass is 19.4. The van der Waals surface area contributed by atoms with Crippen LogP contribution in [0.15, 0.2) is 24.3 Å². The summed E-state index contributed by atoms with van der Waals surface area (Å²) in [7, 11) is 0. The second-order valence-corrected chi connectivity index (χ2v) is 6.47. The van der Waals surface area contributed by atoms with Gasteiger partial charge in [-0.25, -0.2) is 4.79 Å². The van der Waals surface area contributed by atoms with Gasteiger partial charge in [0.05, 0.1) is 5.56 Å². The Morgan fingerprint density at radius 1 is 1.14 bits per heavy atom. The molecule has 0 unspecified atom stereocenters. The number of alkyl halides is 3. The topological polar surface area (TPSA) is 78.8 Å². The predicted octanol–water partition coefficient (Wildman–Crippen LogP) is 3.23. The molecular formula is C19H19F3N2O5. The Kier molecular flexibility index (Phi) is 5.71. The smallest absolute Gasteiger partial charge is 0.406 e. The number of ether oxygens (including phenoxy) is 3. The van der Waals surface area contributed by atoms with Gasteiger partial charge in [-0.05, 0) is 32.0 Å². The summed E-state index contributed by atoms with van der Waals surface area (Å²) in [6.45, 7) is 1.90. The van der Waals surface area contributed by atoms with Crippen LogP contribution in [0, 0.1) is 13.8 Å². The third-order valence-electron chi connectivity index (χ3n) is 4.29. The lowest BCUT2D eigenvalue weighted by atomic mass is 10.2. The monoisotopic (exact) mass is 412 g/mol. The third kappa shape index (κ3) is 5.01. The average molecular weight is 412 g/mol. The molecule has 2 aromatic rings. The predicted molar refractivity (Wildman–Crippen MR) is 96.3 cm³/mol. The largest absolute Gasteiger partial charge is 0.486 e. The fourth-order valence-electron chi connectivity index (χ4n) is 2.96. The van der Waals surface area contributed by atoms with Gasteiger partial charge in [-0.1, -0.05) is 0 Å². The number of amides is 1. The molecule has 1 aromatic heterocycles. The zero-order valence-electron chi connectivity index (χ0n) is 15.8. The lowest BCUT2D eigenvalue weighted by molar-refractivity contribution is -0.141. The normalized spacial score (nSPS) is 13.1. The zero-order valence-corrected chi connectivity index (χ0v) is 15.8. The fraction of sp³-hybridized carbons (Fsp3) is 0.368. The molecule has 0 radical (unpaired) electrons. The minimum Gasteiger partial charge on any atom is -0.486 e.